The lowest BCUT2D eigenvalue weighted by atomic mass is 10.0. The highest BCUT2D eigenvalue weighted by atomic mass is 35.5. The van der Waals surface area contributed by atoms with Crippen LogP contribution in [0.4, 0.5) is 5.69 Å². The number of hydrogen-bond acceptors (Lipinski definition) is 3. The maximum Gasteiger partial charge on any atom is 0.313 e. The number of hydrogen-bond donors (Lipinski definition) is 3. The summed E-state index contributed by atoms with van der Waals surface area (Å²) in [7, 11) is 0. The smallest absolute Gasteiger partial charge is 0.313 e. The Morgan fingerprint density at radius 1 is 1.24 bits per heavy atom. The number of anilines is 1. The molecule has 5 nitrogen and oxygen atoms in total. The number of nitrogens with one attached hydrogen (secondary N) is 2. The highest BCUT2D eigenvalue weighted by molar-refractivity contribution is 6.42. The minimum Gasteiger partial charge on any atom is -0.394 e. The van der Waals surface area contributed by atoms with Crippen molar-refractivity contribution in [3.8, 4) is 0 Å². The van der Waals surface area contributed by atoms with Crippen molar-refractivity contribution in [3.63, 3.8) is 0 Å². The second-order valence-corrected chi connectivity index (χ2v) is 5.90. The van der Waals surface area contributed by atoms with Crippen molar-refractivity contribution < 1.29 is 14.7 Å². The van der Waals surface area contributed by atoms with Gasteiger partial charge in [-0.15, -0.1) is 0 Å². The van der Waals surface area contributed by atoms with E-state index in [4.69, 9.17) is 23.2 Å². The van der Waals surface area contributed by atoms with Gasteiger partial charge in [0.25, 0.3) is 0 Å². The summed E-state index contributed by atoms with van der Waals surface area (Å²) in [6, 6.07) is 4.08. The molecule has 0 bridgehead atoms. The van der Waals surface area contributed by atoms with Crippen molar-refractivity contribution in [2.75, 3.05) is 11.9 Å². The average molecular weight is 333 g/mol. The van der Waals surface area contributed by atoms with Crippen molar-refractivity contribution in [1.82, 2.24) is 5.32 Å². The lowest BCUT2D eigenvalue weighted by molar-refractivity contribution is -0.136. The number of carbonyl (C=O) groups excluding carboxylic acids is 2. The van der Waals surface area contributed by atoms with Gasteiger partial charge in [-0.1, -0.05) is 37.0 Å². The lowest BCUT2D eigenvalue weighted by Crippen LogP contribution is -2.44. The van der Waals surface area contributed by atoms with Gasteiger partial charge in [0, 0.05) is 5.02 Å². The Bertz CT molecular complexity index is 521. The van der Waals surface area contributed by atoms with Gasteiger partial charge >= 0.3 is 11.8 Å². The molecule has 1 unspecified atom stereocenters. The van der Waals surface area contributed by atoms with Gasteiger partial charge in [-0.2, -0.15) is 0 Å². The minimum absolute atomic E-state index is 0.227. The molecule has 21 heavy (non-hydrogen) atoms. The third-order valence-electron chi connectivity index (χ3n) is 2.69. The van der Waals surface area contributed by atoms with Crippen molar-refractivity contribution in [1.29, 1.82) is 0 Å². The molecule has 0 aliphatic carbocycles. The monoisotopic (exact) mass is 332 g/mol. The first kappa shape index (κ1) is 17.8. The van der Waals surface area contributed by atoms with E-state index in [0.29, 0.717) is 11.4 Å². The molecule has 3 N–H and O–H groups in total. The van der Waals surface area contributed by atoms with Crippen LogP contribution in [0.2, 0.25) is 10.0 Å². The molecule has 7 heteroatoms. The highest BCUT2D eigenvalue weighted by Crippen LogP contribution is 2.25. The third kappa shape index (κ3) is 5.91. The molecule has 0 radical (unpaired) electrons. The van der Waals surface area contributed by atoms with Crippen molar-refractivity contribution in [2.45, 2.75) is 26.3 Å². The van der Waals surface area contributed by atoms with Crippen LogP contribution in [0, 0.1) is 5.92 Å². The minimum atomic E-state index is -0.860. The van der Waals surface area contributed by atoms with Gasteiger partial charge in [0.2, 0.25) is 0 Å². The maximum absolute atomic E-state index is 11.8. The number of halogens is 2. The van der Waals surface area contributed by atoms with Crippen LogP contribution in [-0.2, 0) is 9.59 Å². The summed E-state index contributed by atoms with van der Waals surface area (Å²) in [4.78, 5) is 23.6. The van der Waals surface area contributed by atoms with E-state index in [1.54, 1.807) is 6.07 Å². The summed E-state index contributed by atoms with van der Waals surface area (Å²) in [5.41, 5.74) is 0.258. The van der Waals surface area contributed by atoms with Crippen LogP contribution in [-0.4, -0.2) is 29.6 Å². The van der Waals surface area contributed by atoms with Crippen LogP contribution in [0.3, 0.4) is 0 Å². The molecule has 0 saturated carbocycles. The van der Waals surface area contributed by atoms with Crippen LogP contribution in [0.15, 0.2) is 18.2 Å². The van der Waals surface area contributed by atoms with Crippen LogP contribution in [0.5, 0.6) is 0 Å². The lowest BCUT2D eigenvalue weighted by Gasteiger charge is -2.18. The number of carbonyl (C=O) groups is 2. The number of aliphatic hydroxyl groups excluding tert-OH is 1. The molecular weight excluding hydrogens is 315 g/mol. The zero-order valence-corrected chi connectivity index (χ0v) is 13.3. The van der Waals surface area contributed by atoms with Crippen molar-refractivity contribution >= 4 is 40.7 Å². The molecule has 0 heterocycles. The first-order chi connectivity index (χ1) is 9.83. The summed E-state index contributed by atoms with van der Waals surface area (Å²) in [6.45, 7) is 3.69. The fourth-order valence-electron chi connectivity index (χ4n) is 1.77. The van der Waals surface area contributed by atoms with Crippen molar-refractivity contribution in [3.05, 3.63) is 28.2 Å². The molecule has 1 rings (SSSR count). The Morgan fingerprint density at radius 3 is 2.48 bits per heavy atom. The van der Waals surface area contributed by atoms with Gasteiger partial charge in [-0.05, 0) is 30.5 Å². The first-order valence-electron chi connectivity index (χ1n) is 6.51. The predicted molar refractivity (Wildman–Crippen MR) is 83.6 cm³/mol. The molecular formula is C14H18Cl2N2O3. The summed E-state index contributed by atoms with van der Waals surface area (Å²) >= 11 is 11.7. The fraction of sp³-hybridized carbons (Fsp3) is 0.429. The zero-order valence-electron chi connectivity index (χ0n) is 11.8. The van der Waals surface area contributed by atoms with E-state index in [9.17, 15) is 14.7 Å². The van der Waals surface area contributed by atoms with E-state index in [-0.39, 0.29) is 23.2 Å². The van der Waals surface area contributed by atoms with Gasteiger partial charge < -0.3 is 15.7 Å². The van der Waals surface area contributed by atoms with E-state index in [1.807, 2.05) is 13.8 Å². The molecule has 0 aromatic heterocycles. The second kappa shape index (κ2) is 8.22. The zero-order chi connectivity index (χ0) is 16.0. The Morgan fingerprint density at radius 2 is 1.90 bits per heavy atom. The second-order valence-electron chi connectivity index (χ2n) is 5.06. The average Bonchev–Trinajstić information content (AvgIpc) is 2.41. The molecule has 0 saturated heterocycles. The van der Waals surface area contributed by atoms with Gasteiger partial charge in [-0.25, -0.2) is 0 Å². The van der Waals surface area contributed by atoms with Crippen LogP contribution < -0.4 is 10.6 Å². The van der Waals surface area contributed by atoms with E-state index in [1.165, 1.54) is 12.1 Å². The van der Waals surface area contributed by atoms with Gasteiger partial charge in [0.15, 0.2) is 0 Å². The number of rotatable bonds is 5. The van der Waals surface area contributed by atoms with Gasteiger partial charge in [0.1, 0.15) is 0 Å². The summed E-state index contributed by atoms with van der Waals surface area (Å²) in [5, 5.41) is 14.7. The maximum atomic E-state index is 11.8. The van der Waals surface area contributed by atoms with Crippen LogP contribution in [0.1, 0.15) is 20.3 Å². The van der Waals surface area contributed by atoms with E-state index < -0.39 is 17.9 Å². The van der Waals surface area contributed by atoms with Crippen LogP contribution >= 0.6 is 23.2 Å². The van der Waals surface area contributed by atoms with E-state index in [2.05, 4.69) is 10.6 Å². The Hall–Kier alpha value is -1.30. The molecule has 0 spiro atoms. The summed E-state index contributed by atoms with van der Waals surface area (Å²) in [6.07, 6.45) is 0.577. The largest absolute Gasteiger partial charge is 0.394 e. The molecule has 2 amide bonds. The standard InChI is InChI=1S/C14H18Cl2N2O3/c1-8(2)5-10(7-19)17-13(20)14(21)18-12-6-9(15)3-4-11(12)16/h3-4,6,8,10,19H,5,7H2,1-2H3,(H,17,20)(H,18,21). The van der Waals surface area contributed by atoms with Gasteiger partial charge in [-0.3, -0.25) is 9.59 Å². The van der Waals surface area contributed by atoms with E-state index in [0.717, 1.165) is 0 Å². The Balaban J connectivity index is 2.66. The Labute approximate surface area is 133 Å². The molecule has 1 aromatic rings. The fourth-order valence-corrected chi connectivity index (χ4v) is 2.11. The van der Waals surface area contributed by atoms with Crippen LogP contribution in [0.25, 0.3) is 0 Å². The molecule has 116 valence electrons. The summed E-state index contributed by atoms with van der Waals surface area (Å²) < 4.78 is 0. The van der Waals surface area contributed by atoms with Crippen molar-refractivity contribution in [2.24, 2.45) is 5.92 Å². The number of aliphatic hydroxyl groups is 1. The molecule has 0 fully saturated rings. The molecule has 0 aliphatic rings. The first-order valence-corrected chi connectivity index (χ1v) is 7.26. The normalized spacial score (nSPS) is 12.1. The molecule has 0 aliphatic heterocycles. The topological polar surface area (TPSA) is 78.4 Å². The number of benzene rings is 1. The SMILES string of the molecule is CC(C)CC(CO)NC(=O)C(=O)Nc1cc(Cl)ccc1Cl. The Kier molecular flexibility index (Phi) is 6.95. The van der Waals surface area contributed by atoms with E-state index >= 15 is 0 Å². The number of amides is 2. The quantitative estimate of drug-likeness (QED) is 0.724. The summed E-state index contributed by atoms with van der Waals surface area (Å²) in [5.74, 6) is -1.40. The molecule has 1 aromatic carbocycles. The molecule has 1 atom stereocenters. The predicted octanol–water partition coefficient (Wildman–Crippen LogP) is 2.46. The highest BCUT2D eigenvalue weighted by Gasteiger charge is 2.19. The third-order valence-corrected chi connectivity index (χ3v) is 3.26. The van der Waals surface area contributed by atoms with Gasteiger partial charge in [0.05, 0.1) is 23.4 Å².